The van der Waals surface area contributed by atoms with Gasteiger partial charge in [-0.05, 0) is 24.1 Å². The maximum Gasteiger partial charge on any atom is 0.238 e. The summed E-state index contributed by atoms with van der Waals surface area (Å²) in [7, 11) is 0. The van der Waals surface area contributed by atoms with Crippen molar-refractivity contribution < 1.29 is 9.59 Å². The van der Waals surface area contributed by atoms with Gasteiger partial charge in [0, 0.05) is 44.0 Å². The van der Waals surface area contributed by atoms with Gasteiger partial charge in [0.25, 0.3) is 0 Å². The molecule has 2 amide bonds. The topological polar surface area (TPSA) is 52.7 Å². The fourth-order valence-corrected chi connectivity index (χ4v) is 4.84. The molecule has 6 heteroatoms. The Morgan fingerprint density at radius 2 is 1.79 bits per heavy atom. The summed E-state index contributed by atoms with van der Waals surface area (Å²) in [5.41, 5.74) is 2.14. The minimum atomic E-state index is -0.355. The first-order valence-electron chi connectivity index (χ1n) is 9.79. The first-order chi connectivity index (χ1) is 13.7. The van der Waals surface area contributed by atoms with E-state index in [-0.39, 0.29) is 23.5 Å². The molecular weight excluding hydrogens is 370 g/mol. The minimum Gasteiger partial charge on any atom is -0.341 e. The molecule has 1 atom stereocenters. The summed E-state index contributed by atoms with van der Waals surface area (Å²) in [5.74, 6) is 0.00571. The van der Waals surface area contributed by atoms with Crippen LogP contribution in [0.4, 0.5) is 5.69 Å². The molecule has 1 N–H and O–H groups in total. The van der Waals surface area contributed by atoms with Crippen molar-refractivity contribution in [2.75, 3.05) is 31.5 Å². The molecular formula is C22H25N3O2S. The van der Waals surface area contributed by atoms with Gasteiger partial charge in [0.1, 0.15) is 0 Å². The van der Waals surface area contributed by atoms with Gasteiger partial charge < -0.3 is 10.2 Å². The predicted octanol–water partition coefficient (Wildman–Crippen LogP) is 3.22. The zero-order valence-electron chi connectivity index (χ0n) is 15.8. The number of nitrogens with one attached hydrogen (secondary N) is 1. The zero-order chi connectivity index (χ0) is 19.3. The van der Waals surface area contributed by atoms with Crippen molar-refractivity contribution in [3.8, 4) is 0 Å². The van der Waals surface area contributed by atoms with Crippen LogP contribution < -0.4 is 5.32 Å². The summed E-state index contributed by atoms with van der Waals surface area (Å²) in [6.45, 7) is 4.26. The van der Waals surface area contributed by atoms with Gasteiger partial charge >= 0.3 is 0 Å². The molecule has 2 aromatic rings. The average Bonchev–Trinajstić information content (AvgIpc) is 2.95. The van der Waals surface area contributed by atoms with E-state index in [0.717, 1.165) is 49.7 Å². The zero-order valence-corrected chi connectivity index (χ0v) is 16.7. The van der Waals surface area contributed by atoms with E-state index in [0.29, 0.717) is 0 Å². The summed E-state index contributed by atoms with van der Waals surface area (Å²) in [6.07, 6.45) is 1.22. The number of para-hydroxylation sites is 1. The first kappa shape index (κ1) is 19.0. The predicted molar refractivity (Wildman–Crippen MR) is 112 cm³/mol. The van der Waals surface area contributed by atoms with Crippen LogP contribution in [-0.4, -0.2) is 53.0 Å². The second-order valence-corrected chi connectivity index (χ2v) is 8.54. The Morgan fingerprint density at radius 1 is 1.00 bits per heavy atom. The van der Waals surface area contributed by atoms with Crippen molar-refractivity contribution in [2.45, 2.75) is 29.5 Å². The normalized spacial score (nSPS) is 20.2. The molecule has 0 saturated carbocycles. The molecule has 2 heterocycles. The number of carbonyl (C=O) groups excluding carboxylic acids is 2. The number of hydrogen-bond donors (Lipinski definition) is 1. The van der Waals surface area contributed by atoms with Crippen LogP contribution in [0.3, 0.4) is 0 Å². The number of rotatable bonds is 4. The van der Waals surface area contributed by atoms with Crippen LogP contribution in [0.2, 0.25) is 0 Å². The van der Waals surface area contributed by atoms with Gasteiger partial charge in [-0.2, -0.15) is 0 Å². The second-order valence-electron chi connectivity index (χ2n) is 7.29. The van der Waals surface area contributed by atoms with E-state index in [1.54, 1.807) is 0 Å². The summed E-state index contributed by atoms with van der Waals surface area (Å²) in [6, 6.07) is 18.2. The number of anilines is 1. The summed E-state index contributed by atoms with van der Waals surface area (Å²) < 4.78 is 0. The van der Waals surface area contributed by atoms with Crippen LogP contribution in [0.1, 0.15) is 18.4 Å². The molecule has 0 radical (unpaired) electrons. The van der Waals surface area contributed by atoms with Gasteiger partial charge in [0.2, 0.25) is 11.8 Å². The Hall–Kier alpha value is -2.31. The highest BCUT2D eigenvalue weighted by Crippen LogP contribution is 2.36. The lowest BCUT2D eigenvalue weighted by Gasteiger charge is -2.27. The molecule has 1 saturated heterocycles. The highest BCUT2D eigenvalue weighted by atomic mass is 32.2. The Kier molecular flexibility index (Phi) is 5.98. The molecule has 0 aliphatic carbocycles. The Bertz CT molecular complexity index is 843. The fourth-order valence-electron chi connectivity index (χ4n) is 3.73. The Balaban J connectivity index is 1.32. The van der Waals surface area contributed by atoms with Crippen LogP contribution in [0.15, 0.2) is 59.5 Å². The highest BCUT2D eigenvalue weighted by molar-refractivity contribution is 8.01. The maximum absolute atomic E-state index is 12.9. The number of fused-ring (bicyclic) bond motifs is 1. The monoisotopic (exact) mass is 395 g/mol. The van der Waals surface area contributed by atoms with Crippen LogP contribution in [0.25, 0.3) is 0 Å². The fraction of sp³-hybridized carbons (Fsp3) is 0.364. The maximum atomic E-state index is 12.9. The summed E-state index contributed by atoms with van der Waals surface area (Å²) in [5, 5.41) is 2.57. The lowest BCUT2D eigenvalue weighted by Crippen LogP contribution is -2.39. The quantitative estimate of drug-likeness (QED) is 0.864. The minimum absolute atomic E-state index is 0.0717. The molecule has 0 aromatic heterocycles. The Morgan fingerprint density at radius 3 is 2.64 bits per heavy atom. The van der Waals surface area contributed by atoms with Gasteiger partial charge in [-0.3, -0.25) is 14.5 Å². The van der Waals surface area contributed by atoms with Gasteiger partial charge in [-0.15, -0.1) is 11.8 Å². The SMILES string of the molecule is O=C1Nc2ccccc2SC1CC(=O)N1CCCN(Cc2ccccc2)CC1. The molecule has 0 spiro atoms. The second kappa shape index (κ2) is 8.80. The van der Waals surface area contributed by atoms with Gasteiger partial charge in [0.05, 0.1) is 10.9 Å². The number of benzene rings is 2. The number of hydrogen-bond acceptors (Lipinski definition) is 4. The smallest absolute Gasteiger partial charge is 0.238 e. The Labute approximate surface area is 170 Å². The average molecular weight is 396 g/mol. The third-order valence-electron chi connectivity index (χ3n) is 5.26. The lowest BCUT2D eigenvalue weighted by molar-refractivity contribution is -0.132. The standard InChI is InChI=1S/C22H25N3O2S/c26-21(15-20-22(27)23-18-9-4-5-10-19(18)28-20)25-12-6-11-24(13-14-25)16-17-7-2-1-3-8-17/h1-5,7-10,20H,6,11-16H2,(H,23,27). The van der Waals surface area contributed by atoms with Gasteiger partial charge in [0.15, 0.2) is 0 Å². The summed E-state index contributed by atoms with van der Waals surface area (Å²) >= 11 is 1.50. The summed E-state index contributed by atoms with van der Waals surface area (Å²) in [4.78, 5) is 30.6. The van der Waals surface area contributed by atoms with Crippen molar-refractivity contribution in [1.29, 1.82) is 0 Å². The van der Waals surface area contributed by atoms with Crippen molar-refractivity contribution in [1.82, 2.24) is 9.80 Å². The van der Waals surface area contributed by atoms with E-state index in [2.05, 4.69) is 34.5 Å². The third-order valence-corrected chi connectivity index (χ3v) is 6.53. The highest BCUT2D eigenvalue weighted by Gasteiger charge is 2.30. The van der Waals surface area contributed by atoms with Crippen molar-refractivity contribution in [3.63, 3.8) is 0 Å². The number of nitrogens with zero attached hydrogens (tertiary/aromatic N) is 2. The lowest BCUT2D eigenvalue weighted by atomic mass is 10.2. The van der Waals surface area contributed by atoms with Crippen LogP contribution in [0.5, 0.6) is 0 Å². The van der Waals surface area contributed by atoms with Gasteiger partial charge in [-0.1, -0.05) is 42.5 Å². The van der Waals surface area contributed by atoms with E-state index in [1.165, 1.54) is 17.3 Å². The first-order valence-corrected chi connectivity index (χ1v) is 10.7. The molecule has 146 valence electrons. The van der Waals surface area contributed by atoms with E-state index in [4.69, 9.17) is 0 Å². The van der Waals surface area contributed by atoms with Crippen molar-refractivity contribution >= 4 is 29.3 Å². The molecule has 28 heavy (non-hydrogen) atoms. The third kappa shape index (κ3) is 4.56. The van der Waals surface area contributed by atoms with E-state index >= 15 is 0 Å². The van der Waals surface area contributed by atoms with Crippen LogP contribution >= 0.6 is 11.8 Å². The number of thioether (sulfide) groups is 1. The van der Waals surface area contributed by atoms with E-state index in [9.17, 15) is 9.59 Å². The number of amides is 2. The molecule has 5 nitrogen and oxygen atoms in total. The molecule has 2 aliphatic rings. The molecule has 4 rings (SSSR count). The van der Waals surface area contributed by atoms with Crippen LogP contribution in [0, 0.1) is 0 Å². The molecule has 1 fully saturated rings. The largest absolute Gasteiger partial charge is 0.341 e. The molecule has 2 aliphatic heterocycles. The molecule has 2 aromatic carbocycles. The van der Waals surface area contributed by atoms with E-state index < -0.39 is 0 Å². The van der Waals surface area contributed by atoms with Crippen LogP contribution in [-0.2, 0) is 16.1 Å². The molecule has 1 unspecified atom stereocenters. The van der Waals surface area contributed by atoms with Crippen molar-refractivity contribution in [3.05, 3.63) is 60.2 Å². The number of carbonyl (C=O) groups is 2. The van der Waals surface area contributed by atoms with E-state index in [1.807, 2.05) is 35.2 Å². The molecule has 0 bridgehead atoms. The van der Waals surface area contributed by atoms with Gasteiger partial charge in [-0.25, -0.2) is 0 Å². The van der Waals surface area contributed by atoms with Crippen molar-refractivity contribution in [2.24, 2.45) is 0 Å².